The van der Waals surface area contributed by atoms with Gasteiger partial charge in [-0.25, -0.2) is 0 Å². The first-order chi connectivity index (χ1) is 14.4. The first-order valence-corrected chi connectivity index (χ1v) is 12.0. The van der Waals surface area contributed by atoms with Crippen molar-refractivity contribution in [2.24, 2.45) is 9.53 Å². The van der Waals surface area contributed by atoms with E-state index in [0.29, 0.717) is 0 Å². The predicted molar refractivity (Wildman–Crippen MR) is 128 cm³/mol. The van der Waals surface area contributed by atoms with E-state index in [1.54, 1.807) is 0 Å². The topological polar surface area (TPSA) is 24.7 Å². The maximum Gasteiger partial charge on any atom is 0.0984 e. The number of benzene rings is 4. The summed E-state index contributed by atoms with van der Waals surface area (Å²) in [6.07, 6.45) is 0. The molecule has 0 fully saturated rings. The Bertz CT molecular complexity index is 913. The fraction of sp³-hybridized carbons (Fsp3) is 0. The van der Waals surface area contributed by atoms with Gasteiger partial charge in [0.15, 0.2) is 0 Å². The van der Waals surface area contributed by atoms with Crippen LogP contribution in [0.25, 0.3) is 0 Å². The van der Waals surface area contributed by atoms with Crippen molar-refractivity contribution in [3.8, 4) is 0 Å². The van der Waals surface area contributed by atoms with Crippen LogP contribution in [-0.4, -0.2) is 6.01 Å². The second kappa shape index (κ2) is 10.1. The van der Waals surface area contributed by atoms with Crippen molar-refractivity contribution in [2.45, 2.75) is 0 Å². The molecule has 0 heterocycles. The maximum absolute atomic E-state index is 4.82. The monoisotopic (exact) mass is 410 g/mol. The van der Waals surface area contributed by atoms with Crippen molar-refractivity contribution in [3.05, 3.63) is 121 Å². The number of rotatable bonds is 6. The Morgan fingerprint density at radius 2 is 0.621 bits per heavy atom. The average molecular weight is 410 g/mol. The average Bonchev–Trinajstić information content (AvgIpc) is 2.81. The van der Waals surface area contributed by atoms with Gasteiger partial charge in [0, 0.05) is 21.2 Å². The van der Waals surface area contributed by atoms with Crippen LogP contribution in [-0.2, 0) is 0 Å². The van der Waals surface area contributed by atoms with E-state index in [1.807, 2.05) is 24.3 Å². The van der Waals surface area contributed by atoms with Crippen molar-refractivity contribution >= 4 is 43.4 Å². The summed E-state index contributed by atoms with van der Waals surface area (Å²) in [6.45, 7) is 0. The lowest BCUT2D eigenvalue weighted by Gasteiger charge is -2.12. The lowest BCUT2D eigenvalue weighted by Crippen LogP contribution is -2.10. The molecule has 0 radical (unpaired) electrons. The fourth-order valence-corrected chi connectivity index (χ4v) is 6.13. The van der Waals surface area contributed by atoms with Crippen molar-refractivity contribution in [1.82, 2.24) is 0 Å². The zero-order valence-electron chi connectivity index (χ0n) is 15.8. The molecule has 2 nitrogen and oxygen atoms in total. The van der Waals surface area contributed by atoms with Crippen LogP contribution in [0, 0.1) is 0 Å². The van der Waals surface area contributed by atoms with E-state index >= 15 is 0 Å². The Labute approximate surface area is 174 Å². The molecule has 0 aliphatic rings. The Morgan fingerprint density at radius 3 is 0.862 bits per heavy atom. The zero-order chi connectivity index (χ0) is 19.7. The molecule has 29 heavy (non-hydrogen) atoms. The van der Waals surface area contributed by atoms with E-state index in [2.05, 4.69) is 103 Å². The Hall–Kier alpha value is -2.88. The summed E-state index contributed by atoms with van der Waals surface area (Å²) in [4.78, 5) is 0. The van der Waals surface area contributed by atoms with E-state index < -0.39 is 16.1 Å². The quantitative estimate of drug-likeness (QED) is 0.306. The Kier molecular flexibility index (Phi) is 6.74. The van der Waals surface area contributed by atoms with Crippen molar-refractivity contribution in [1.29, 1.82) is 0 Å². The lowest BCUT2D eigenvalue weighted by atomic mass is 10.4. The van der Waals surface area contributed by atoms with E-state index in [0.717, 1.165) is 0 Å². The largest absolute Gasteiger partial charge is 0.192 e. The molecule has 0 aromatic heterocycles. The minimum absolute atomic E-state index is 0.889. The highest BCUT2D eigenvalue weighted by Gasteiger charge is 2.14. The van der Waals surface area contributed by atoms with Gasteiger partial charge in [-0.05, 0) is 0 Å². The third kappa shape index (κ3) is 5.14. The SMILES string of the molecule is C(=NP(c1ccccc1)c1ccccc1)=NP(c1ccccc1)c1ccccc1. The molecular formula is C25H20N2P2. The van der Waals surface area contributed by atoms with E-state index in [1.165, 1.54) is 21.2 Å². The number of nitrogens with zero attached hydrogens (tertiary/aromatic N) is 2. The van der Waals surface area contributed by atoms with Gasteiger partial charge < -0.3 is 0 Å². The third-order valence-corrected chi connectivity index (χ3v) is 8.02. The lowest BCUT2D eigenvalue weighted by molar-refractivity contribution is 1.71. The van der Waals surface area contributed by atoms with Crippen LogP contribution in [0.4, 0.5) is 0 Å². The molecule has 0 aliphatic carbocycles. The zero-order valence-corrected chi connectivity index (χ0v) is 17.6. The molecule has 4 aromatic rings. The summed E-state index contributed by atoms with van der Waals surface area (Å²) in [5.74, 6) is 0. The molecule has 0 atom stereocenters. The minimum Gasteiger partial charge on any atom is -0.192 e. The van der Waals surface area contributed by atoms with Gasteiger partial charge in [-0.3, -0.25) is 0 Å². The summed E-state index contributed by atoms with van der Waals surface area (Å²) in [5, 5.41) is 4.78. The summed E-state index contributed by atoms with van der Waals surface area (Å²) in [7, 11) is -1.78. The second-order valence-electron chi connectivity index (χ2n) is 6.27. The van der Waals surface area contributed by atoms with Crippen LogP contribution >= 0.6 is 16.1 Å². The molecule has 0 saturated carbocycles. The highest BCUT2D eigenvalue weighted by atomic mass is 31.1. The van der Waals surface area contributed by atoms with Crippen LogP contribution in [0.5, 0.6) is 0 Å². The molecule has 0 unspecified atom stereocenters. The predicted octanol–water partition coefficient (Wildman–Crippen LogP) is 5.26. The van der Waals surface area contributed by atoms with Crippen molar-refractivity contribution in [2.75, 3.05) is 0 Å². The molecule has 0 amide bonds. The van der Waals surface area contributed by atoms with Gasteiger partial charge in [0.05, 0.1) is 22.2 Å². The van der Waals surface area contributed by atoms with Gasteiger partial charge in [0.25, 0.3) is 0 Å². The first-order valence-electron chi connectivity index (χ1n) is 9.38. The smallest absolute Gasteiger partial charge is 0.0984 e. The normalized spacial score (nSPS) is 10.6. The highest BCUT2D eigenvalue weighted by molar-refractivity contribution is 7.72. The van der Waals surface area contributed by atoms with Gasteiger partial charge >= 0.3 is 0 Å². The Morgan fingerprint density at radius 1 is 0.379 bits per heavy atom. The summed E-state index contributed by atoms with van der Waals surface area (Å²) >= 11 is 0. The molecular weight excluding hydrogens is 390 g/mol. The third-order valence-electron chi connectivity index (χ3n) is 4.29. The van der Waals surface area contributed by atoms with Crippen LogP contribution in [0.3, 0.4) is 0 Å². The number of hydrogen-bond acceptors (Lipinski definition) is 2. The minimum atomic E-state index is -0.889. The molecule has 140 valence electrons. The van der Waals surface area contributed by atoms with Crippen LogP contribution < -0.4 is 21.2 Å². The van der Waals surface area contributed by atoms with Crippen LogP contribution in [0.2, 0.25) is 0 Å². The van der Waals surface area contributed by atoms with Gasteiger partial charge in [-0.15, -0.1) is 0 Å². The second-order valence-corrected chi connectivity index (χ2v) is 9.98. The van der Waals surface area contributed by atoms with E-state index in [4.69, 9.17) is 9.53 Å². The van der Waals surface area contributed by atoms with Gasteiger partial charge in [0.1, 0.15) is 0 Å². The molecule has 0 aliphatic heterocycles. The van der Waals surface area contributed by atoms with E-state index in [9.17, 15) is 0 Å². The molecule has 4 heteroatoms. The maximum atomic E-state index is 4.82. The fourth-order valence-electron chi connectivity index (χ4n) is 2.92. The molecule has 0 saturated heterocycles. The first kappa shape index (κ1) is 19.4. The van der Waals surface area contributed by atoms with Gasteiger partial charge in [0.2, 0.25) is 0 Å². The van der Waals surface area contributed by atoms with Crippen LogP contribution in [0.1, 0.15) is 0 Å². The van der Waals surface area contributed by atoms with Crippen LogP contribution in [0.15, 0.2) is 131 Å². The summed E-state index contributed by atoms with van der Waals surface area (Å²) < 4.78 is 9.64. The molecule has 0 N–H and O–H groups in total. The van der Waals surface area contributed by atoms with Crippen molar-refractivity contribution in [3.63, 3.8) is 0 Å². The van der Waals surface area contributed by atoms with Gasteiger partial charge in [-0.2, -0.15) is 9.53 Å². The summed E-state index contributed by atoms with van der Waals surface area (Å²) in [6, 6.07) is 44.7. The standard InChI is InChI=1S/C25H20N2P2/c1-5-13-22(14-6-1)28(23-15-7-2-8-16-23)26-21-27-29(24-17-9-3-10-18-24)25-19-11-4-12-20-25/h1-20H. The molecule has 4 aromatic carbocycles. The molecule has 0 bridgehead atoms. The number of hydrogen-bond donors (Lipinski definition) is 0. The summed E-state index contributed by atoms with van der Waals surface area (Å²) in [5.41, 5.74) is 0. The molecule has 0 spiro atoms. The Balaban J connectivity index is 1.73. The van der Waals surface area contributed by atoms with Crippen molar-refractivity contribution < 1.29 is 0 Å². The van der Waals surface area contributed by atoms with E-state index in [-0.39, 0.29) is 0 Å². The molecule has 4 rings (SSSR count). The van der Waals surface area contributed by atoms with Gasteiger partial charge in [-0.1, -0.05) is 121 Å². The highest BCUT2D eigenvalue weighted by Crippen LogP contribution is 2.37.